The summed E-state index contributed by atoms with van der Waals surface area (Å²) < 4.78 is 6.33. The predicted octanol–water partition coefficient (Wildman–Crippen LogP) is 2.06. The molecule has 5 heteroatoms. The molecule has 1 aliphatic heterocycles. The molecule has 1 aromatic carbocycles. The summed E-state index contributed by atoms with van der Waals surface area (Å²) in [6.45, 7) is 2.26. The quantitative estimate of drug-likeness (QED) is 0.921. The lowest BCUT2D eigenvalue weighted by Gasteiger charge is -2.09. The van der Waals surface area contributed by atoms with Crippen LogP contribution in [0.2, 0.25) is 0 Å². The second-order valence-corrected chi connectivity index (χ2v) is 5.36. The first-order valence-electron chi connectivity index (χ1n) is 6.02. The summed E-state index contributed by atoms with van der Waals surface area (Å²) >= 11 is 1.55. The summed E-state index contributed by atoms with van der Waals surface area (Å²) in [5.41, 5.74) is 3.44. The molecule has 4 nitrogen and oxygen atoms in total. The fourth-order valence-electron chi connectivity index (χ4n) is 2.08. The predicted molar refractivity (Wildman–Crippen MR) is 70.9 cm³/mol. The number of nitrogens with zero attached hydrogens (tertiary/aromatic N) is 1. The lowest BCUT2D eigenvalue weighted by Crippen LogP contribution is -2.29. The van der Waals surface area contributed by atoms with Crippen molar-refractivity contribution in [3.05, 3.63) is 29.3 Å². The maximum Gasteiger partial charge on any atom is 0.251 e. The molecule has 18 heavy (non-hydrogen) atoms. The van der Waals surface area contributed by atoms with Crippen LogP contribution in [0.1, 0.15) is 16.8 Å². The van der Waals surface area contributed by atoms with E-state index in [4.69, 9.17) is 4.74 Å². The Morgan fingerprint density at radius 1 is 1.56 bits per heavy atom. The average Bonchev–Trinajstić information content (AvgIpc) is 3.05. The van der Waals surface area contributed by atoms with Crippen LogP contribution >= 0.6 is 11.3 Å². The topological polar surface area (TPSA) is 51.2 Å². The van der Waals surface area contributed by atoms with Crippen molar-refractivity contribution in [2.45, 2.75) is 6.42 Å². The van der Waals surface area contributed by atoms with Gasteiger partial charge >= 0.3 is 0 Å². The van der Waals surface area contributed by atoms with Gasteiger partial charge in [-0.15, -0.1) is 11.3 Å². The van der Waals surface area contributed by atoms with Crippen LogP contribution in [0.4, 0.5) is 0 Å². The van der Waals surface area contributed by atoms with Crippen LogP contribution in [-0.2, 0) is 4.74 Å². The molecular formula is C13H14N2O2S. The zero-order valence-electron chi connectivity index (χ0n) is 9.89. The van der Waals surface area contributed by atoms with Crippen molar-refractivity contribution in [1.82, 2.24) is 10.3 Å². The highest BCUT2D eigenvalue weighted by Gasteiger charge is 2.16. The highest BCUT2D eigenvalue weighted by molar-refractivity contribution is 7.16. The van der Waals surface area contributed by atoms with Crippen molar-refractivity contribution < 1.29 is 9.53 Å². The van der Waals surface area contributed by atoms with Gasteiger partial charge in [0.25, 0.3) is 5.91 Å². The molecule has 1 fully saturated rings. The molecule has 0 unspecified atom stereocenters. The largest absolute Gasteiger partial charge is 0.381 e. The van der Waals surface area contributed by atoms with Crippen LogP contribution in [0, 0.1) is 5.92 Å². The minimum absolute atomic E-state index is 0.0165. The Bertz CT molecular complexity index is 561. The molecule has 0 bridgehead atoms. The van der Waals surface area contributed by atoms with Crippen molar-refractivity contribution in [1.29, 1.82) is 0 Å². The van der Waals surface area contributed by atoms with Gasteiger partial charge in [-0.2, -0.15) is 0 Å². The normalized spacial score (nSPS) is 19.2. The van der Waals surface area contributed by atoms with Crippen molar-refractivity contribution in [3.63, 3.8) is 0 Å². The molecular weight excluding hydrogens is 248 g/mol. The van der Waals surface area contributed by atoms with E-state index in [0.717, 1.165) is 29.9 Å². The Balaban J connectivity index is 1.67. The second kappa shape index (κ2) is 5.04. The van der Waals surface area contributed by atoms with Crippen LogP contribution in [0.25, 0.3) is 10.2 Å². The number of benzene rings is 1. The van der Waals surface area contributed by atoms with Crippen molar-refractivity contribution in [2.24, 2.45) is 5.92 Å². The lowest BCUT2D eigenvalue weighted by molar-refractivity contribution is 0.0945. The van der Waals surface area contributed by atoms with Crippen LogP contribution in [0.5, 0.6) is 0 Å². The molecule has 0 radical (unpaired) electrons. The molecule has 1 aromatic heterocycles. The first-order chi connectivity index (χ1) is 8.83. The molecule has 2 aromatic rings. The Morgan fingerprint density at radius 2 is 2.50 bits per heavy atom. The molecule has 94 valence electrons. The molecule has 1 N–H and O–H groups in total. The number of carbonyl (C=O) groups is 1. The van der Waals surface area contributed by atoms with Crippen molar-refractivity contribution in [2.75, 3.05) is 19.8 Å². The van der Waals surface area contributed by atoms with Gasteiger partial charge in [0.05, 0.1) is 22.3 Å². The number of hydrogen-bond acceptors (Lipinski definition) is 4. The third kappa shape index (κ3) is 2.37. The van der Waals surface area contributed by atoms with Gasteiger partial charge in [-0.3, -0.25) is 4.79 Å². The van der Waals surface area contributed by atoms with Crippen LogP contribution in [0.15, 0.2) is 23.7 Å². The molecule has 0 spiro atoms. The van der Waals surface area contributed by atoms with Crippen LogP contribution in [0.3, 0.4) is 0 Å². The number of rotatable bonds is 3. The number of amides is 1. The number of nitrogens with one attached hydrogen (secondary N) is 1. The van der Waals surface area contributed by atoms with Gasteiger partial charge in [0.2, 0.25) is 0 Å². The number of aromatic nitrogens is 1. The monoisotopic (exact) mass is 262 g/mol. The zero-order valence-corrected chi connectivity index (χ0v) is 10.7. The van der Waals surface area contributed by atoms with Crippen LogP contribution < -0.4 is 5.32 Å². The maximum absolute atomic E-state index is 12.0. The summed E-state index contributed by atoms with van der Waals surface area (Å²) in [4.78, 5) is 16.2. The summed E-state index contributed by atoms with van der Waals surface area (Å²) in [6.07, 6.45) is 1.04. The van der Waals surface area contributed by atoms with Gasteiger partial charge in [-0.1, -0.05) is 0 Å². The SMILES string of the molecule is O=C(NC[C@H]1CCOC1)c1ccc2ncsc2c1. The highest BCUT2D eigenvalue weighted by Crippen LogP contribution is 2.19. The molecule has 1 saturated heterocycles. The van der Waals surface area contributed by atoms with Gasteiger partial charge in [-0.25, -0.2) is 4.98 Å². The van der Waals surface area contributed by atoms with E-state index < -0.39 is 0 Å². The number of fused-ring (bicyclic) bond motifs is 1. The van der Waals surface area contributed by atoms with E-state index in [1.807, 2.05) is 18.2 Å². The Labute approximate surface area is 109 Å². The first-order valence-corrected chi connectivity index (χ1v) is 6.90. The van der Waals surface area contributed by atoms with E-state index in [9.17, 15) is 4.79 Å². The number of hydrogen-bond donors (Lipinski definition) is 1. The van der Waals surface area contributed by atoms with E-state index in [1.165, 1.54) is 0 Å². The van der Waals surface area contributed by atoms with Gasteiger partial charge in [-0.05, 0) is 24.6 Å². The van der Waals surface area contributed by atoms with Gasteiger partial charge in [0.15, 0.2) is 0 Å². The number of carbonyl (C=O) groups excluding carboxylic acids is 1. The molecule has 3 rings (SSSR count). The summed E-state index contributed by atoms with van der Waals surface area (Å²) in [7, 11) is 0. The van der Waals surface area contributed by atoms with E-state index in [2.05, 4.69) is 10.3 Å². The molecule has 0 aliphatic carbocycles. The number of thiazole rings is 1. The van der Waals surface area contributed by atoms with E-state index >= 15 is 0 Å². The molecule has 1 amide bonds. The van der Waals surface area contributed by atoms with E-state index in [0.29, 0.717) is 18.0 Å². The van der Waals surface area contributed by atoms with Gasteiger partial charge in [0, 0.05) is 24.6 Å². The minimum Gasteiger partial charge on any atom is -0.381 e. The Morgan fingerprint density at radius 3 is 3.33 bits per heavy atom. The minimum atomic E-state index is -0.0165. The van der Waals surface area contributed by atoms with Gasteiger partial charge in [0.1, 0.15) is 0 Å². The van der Waals surface area contributed by atoms with Crippen molar-refractivity contribution >= 4 is 27.5 Å². The highest BCUT2D eigenvalue weighted by atomic mass is 32.1. The van der Waals surface area contributed by atoms with E-state index in [1.54, 1.807) is 16.8 Å². The number of ether oxygens (including phenoxy) is 1. The summed E-state index contributed by atoms with van der Waals surface area (Å²) in [5.74, 6) is 0.443. The second-order valence-electron chi connectivity index (χ2n) is 4.47. The maximum atomic E-state index is 12.0. The summed E-state index contributed by atoms with van der Waals surface area (Å²) in [5, 5.41) is 2.96. The third-order valence-corrected chi connectivity index (χ3v) is 3.96. The fourth-order valence-corrected chi connectivity index (χ4v) is 2.80. The van der Waals surface area contributed by atoms with E-state index in [-0.39, 0.29) is 5.91 Å². The fraction of sp³-hybridized carbons (Fsp3) is 0.385. The smallest absolute Gasteiger partial charge is 0.251 e. The third-order valence-electron chi connectivity index (χ3n) is 3.17. The Kier molecular flexibility index (Phi) is 3.25. The zero-order chi connectivity index (χ0) is 12.4. The average molecular weight is 262 g/mol. The molecule has 2 heterocycles. The first kappa shape index (κ1) is 11.6. The lowest BCUT2D eigenvalue weighted by atomic mass is 10.1. The standard InChI is InChI=1S/C13H14N2O2S/c16-13(14-6-9-3-4-17-7-9)10-1-2-11-12(5-10)18-8-15-11/h1-2,5,8-9H,3-4,6-7H2,(H,14,16)/t9-/m1/s1. The van der Waals surface area contributed by atoms with Gasteiger partial charge < -0.3 is 10.1 Å². The summed E-state index contributed by atoms with van der Waals surface area (Å²) in [6, 6.07) is 5.61. The molecule has 1 aliphatic rings. The molecule has 1 atom stereocenters. The Hall–Kier alpha value is -1.46. The van der Waals surface area contributed by atoms with Crippen molar-refractivity contribution in [3.8, 4) is 0 Å². The molecule has 0 saturated carbocycles. The van der Waals surface area contributed by atoms with Crippen LogP contribution in [-0.4, -0.2) is 30.6 Å².